The lowest BCUT2D eigenvalue weighted by Crippen LogP contribution is -1.91. The SMILES string of the molecule is Clc1ccccc1Nc1ccc2nc3[nH]c4ccccc4n3c2c1. The molecule has 0 bridgehead atoms. The van der Waals surface area contributed by atoms with Gasteiger partial charge in [-0.2, -0.15) is 0 Å². The van der Waals surface area contributed by atoms with Crippen LogP contribution in [0.3, 0.4) is 0 Å². The van der Waals surface area contributed by atoms with Crippen molar-refractivity contribution in [3.05, 3.63) is 71.8 Å². The molecule has 0 aliphatic carbocycles. The van der Waals surface area contributed by atoms with E-state index in [2.05, 4.69) is 37.9 Å². The predicted molar refractivity (Wildman–Crippen MR) is 99.3 cm³/mol. The molecule has 0 saturated carbocycles. The van der Waals surface area contributed by atoms with Gasteiger partial charge in [0.15, 0.2) is 0 Å². The molecule has 0 aliphatic heterocycles. The molecule has 5 heteroatoms. The number of rotatable bonds is 2. The fourth-order valence-electron chi connectivity index (χ4n) is 3.09. The van der Waals surface area contributed by atoms with Gasteiger partial charge in [0, 0.05) is 5.69 Å². The summed E-state index contributed by atoms with van der Waals surface area (Å²) >= 11 is 6.24. The average molecular weight is 333 g/mol. The van der Waals surface area contributed by atoms with Gasteiger partial charge in [-0.1, -0.05) is 35.9 Å². The summed E-state index contributed by atoms with van der Waals surface area (Å²) in [4.78, 5) is 8.03. The number of imidazole rings is 2. The average Bonchev–Trinajstić information content (AvgIpc) is 3.12. The molecule has 24 heavy (non-hydrogen) atoms. The van der Waals surface area contributed by atoms with Crippen molar-refractivity contribution >= 4 is 50.8 Å². The molecule has 2 heterocycles. The van der Waals surface area contributed by atoms with Crippen LogP contribution in [-0.4, -0.2) is 14.4 Å². The number of halogens is 1. The Hall–Kier alpha value is -2.98. The summed E-state index contributed by atoms with van der Waals surface area (Å²) in [6.45, 7) is 0. The van der Waals surface area contributed by atoms with E-state index < -0.39 is 0 Å². The van der Waals surface area contributed by atoms with Crippen LogP contribution in [0.25, 0.3) is 27.8 Å². The Balaban J connectivity index is 1.71. The van der Waals surface area contributed by atoms with Crippen molar-refractivity contribution in [1.82, 2.24) is 14.4 Å². The van der Waals surface area contributed by atoms with Gasteiger partial charge in [-0.05, 0) is 42.5 Å². The van der Waals surface area contributed by atoms with E-state index in [9.17, 15) is 0 Å². The molecule has 2 aromatic heterocycles. The molecule has 0 amide bonds. The molecule has 0 atom stereocenters. The molecule has 0 fully saturated rings. The molecule has 116 valence electrons. The minimum Gasteiger partial charge on any atom is -0.354 e. The van der Waals surface area contributed by atoms with Crippen LogP contribution < -0.4 is 5.32 Å². The number of hydrogen-bond acceptors (Lipinski definition) is 2. The highest BCUT2D eigenvalue weighted by Gasteiger charge is 2.11. The zero-order chi connectivity index (χ0) is 16.1. The molecule has 5 rings (SSSR count). The topological polar surface area (TPSA) is 45.1 Å². The van der Waals surface area contributed by atoms with E-state index in [1.54, 1.807) is 0 Å². The zero-order valence-electron chi connectivity index (χ0n) is 12.6. The molecule has 5 aromatic rings. The van der Waals surface area contributed by atoms with Gasteiger partial charge < -0.3 is 10.3 Å². The van der Waals surface area contributed by atoms with Crippen LogP contribution in [0.2, 0.25) is 5.02 Å². The van der Waals surface area contributed by atoms with E-state index in [0.717, 1.165) is 39.2 Å². The van der Waals surface area contributed by atoms with Crippen LogP contribution in [0.4, 0.5) is 11.4 Å². The summed E-state index contributed by atoms with van der Waals surface area (Å²) in [5.74, 6) is 0.848. The summed E-state index contributed by atoms with van der Waals surface area (Å²) in [6.07, 6.45) is 0. The van der Waals surface area contributed by atoms with Crippen LogP contribution >= 0.6 is 11.6 Å². The van der Waals surface area contributed by atoms with Crippen molar-refractivity contribution in [3.8, 4) is 0 Å². The fourth-order valence-corrected chi connectivity index (χ4v) is 3.28. The molecule has 0 spiro atoms. The molecule has 3 aromatic carbocycles. The zero-order valence-corrected chi connectivity index (χ0v) is 13.4. The Morgan fingerprint density at radius 3 is 2.67 bits per heavy atom. The van der Waals surface area contributed by atoms with Gasteiger partial charge in [0.05, 0.1) is 32.8 Å². The van der Waals surface area contributed by atoms with Gasteiger partial charge in [-0.15, -0.1) is 0 Å². The Labute approximate surface area is 142 Å². The number of anilines is 2. The number of benzene rings is 3. The minimum atomic E-state index is 0.697. The molecule has 0 saturated heterocycles. The first-order chi connectivity index (χ1) is 11.8. The van der Waals surface area contributed by atoms with Gasteiger partial charge in [0.1, 0.15) is 0 Å². The monoisotopic (exact) mass is 332 g/mol. The van der Waals surface area contributed by atoms with Crippen molar-refractivity contribution in [1.29, 1.82) is 0 Å². The second-order valence-electron chi connectivity index (χ2n) is 5.72. The van der Waals surface area contributed by atoms with Gasteiger partial charge >= 0.3 is 0 Å². The highest BCUT2D eigenvalue weighted by molar-refractivity contribution is 6.33. The number of fused-ring (bicyclic) bond motifs is 5. The lowest BCUT2D eigenvalue weighted by atomic mass is 10.2. The van der Waals surface area contributed by atoms with E-state index in [1.807, 2.05) is 48.5 Å². The summed E-state index contributed by atoms with van der Waals surface area (Å²) in [5, 5.41) is 4.07. The summed E-state index contributed by atoms with van der Waals surface area (Å²) in [5.41, 5.74) is 6.06. The number of nitrogens with zero attached hydrogens (tertiary/aromatic N) is 2. The first-order valence-corrected chi connectivity index (χ1v) is 8.08. The van der Waals surface area contributed by atoms with Crippen molar-refractivity contribution < 1.29 is 0 Å². The maximum absolute atomic E-state index is 6.24. The van der Waals surface area contributed by atoms with Crippen molar-refractivity contribution in [2.24, 2.45) is 0 Å². The quantitative estimate of drug-likeness (QED) is 0.456. The maximum Gasteiger partial charge on any atom is 0.213 e. The second kappa shape index (κ2) is 5.01. The normalized spacial score (nSPS) is 11.5. The number of nitrogens with one attached hydrogen (secondary N) is 2. The summed E-state index contributed by atoms with van der Waals surface area (Å²) < 4.78 is 2.14. The summed E-state index contributed by atoms with van der Waals surface area (Å²) in [7, 11) is 0. The van der Waals surface area contributed by atoms with E-state index in [0.29, 0.717) is 5.02 Å². The third-order valence-electron chi connectivity index (χ3n) is 4.20. The van der Waals surface area contributed by atoms with Gasteiger partial charge in [-0.25, -0.2) is 4.98 Å². The van der Waals surface area contributed by atoms with Crippen molar-refractivity contribution in [2.45, 2.75) is 0 Å². The fraction of sp³-hybridized carbons (Fsp3) is 0. The van der Waals surface area contributed by atoms with Gasteiger partial charge in [0.25, 0.3) is 0 Å². The smallest absolute Gasteiger partial charge is 0.213 e. The molecular weight excluding hydrogens is 320 g/mol. The first kappa shape index (κ1) is 13.5. The maximum atomic E-state index is 6.24. The highest BCUT2D eigenvalue weighted by Crippen LogP contribution is 2.29. The minimum absolute atomic E-state index is 0.697. The Kier molecular flexibility index (Phi) is 2.81. The number of aromatic nitrogens is 3. The largest absolute Gasteiger partial charge is 0.354 e. The molecule has 2 N–H and O–H groups in total. The lowest BCUT2D eigenvalue weighted by molar-refractivity contribution is 1.28. The third-order valence-corrected chi connectivity index (χ3v) is 4.53. The second-order valence-corrected chi connectivity index (χ2v) is 6.13. The Bertz CT molecular complexity index is 1200. The molecule has 0 aliphatic rings. The Morgan fingerprint density at radius 1 is 0.917 bits per heavy atom. The Morgan fingerprint density at radius 2 is 1.75 bits per heavy atom. The van der Waals surface area contributed by atoms with Crippen molar-refractivity contribution in [3.63, 3.8) is 0 Å². The number of hydrogen-bond donors (Lipinski definition) is 2. The molecule has 4 nitrogen and oxygen atoms in total. The van der Waals surface area contributed by atoms with Gasteiger partial charge in [0.2, 0.25) is 5.78 Å². The molecule has 0 unspecified atom stereocenters. The highest BCUT2D eigenvalue weighted by atomic mass is 35.5. The van der Waals surface area contributed by atoms with E-state index in [-0.39, 0.29) is 0 Å². The molecule has 0 radical (unpaired) electrons. The van der Waals surface area contributed by atoms with Gasteiger partial charge in [-0.3, -0.25) is 4.40 Å². The van der Waals surface area contributed by atoms with Crippen LogP contribution in [0.5, 0.6) is 0 Å². The van der Waals surface area contributed by atoms with Crippen LogP contribution in [-0.2, 0) is 0 Å². The predicted octanol–water partition coefficient (Wildman–Crippen LogP) is 5.37. The van der Waals surface area contributed by atoms with Crippen LogP contribution in [0, 0.1) is 0 Å². The third kappa shape index (κ3) is 1.97. The van der Waals surface area contributed by atoms with E-state index in [1.165, 1.54) is 0 Å². The number of H-pyrrole nitrogens is 1. The summed E-state index contributed by atoms with van der Waals surface area (Å²) in [6, 6.07) is 22.0. The van der Waals surface area contributed by atoms with E-state index >= 15 is 0 Å². The first-order valence-electron chi connectivity index (χ1n) is 7.70. The van der Waals surface area contributed by atoms with E-state index in [4.69, 9.17) is 11.6 Å². The molecular formula is C19H13ClN4. The van der Waals surface area contributed by atoms with Crippen LogP contribution in [0.1, 0.15) is 0 Å². The standard InChI is InChI=1S/C19H13ClN4/c20-13-5-1-2-6-14(13)21-12-9-10-16-18(11-12)24-17-8-4-3-7-15(17)22-19(24)23-16/h1-11,21H,(H,22,23). The van der Waals surface area contributed by atoms with Crippen LogP contribution in [0.15, 0.2) is 66.7 Å². The van der Waals surface area contributed by atoms with Crippen molar-refractivity contribution in [2.75, 3.05) is 5.32 Å². The number of aromatic amines is 1. The number of para-hydroxylation sites is 3. The lowest BCUT2D eigenvalue weighted by Gasteiger charge is -2.08.